The van der Waals surface area contributed by atoms with Crippen molar-refractivity contribution in [2.24, 2.45) is 0 Å². The number of anilines is 1. The zero-order valence-electron chi connectivity index (χ0n) is 12.6. The van der Waals surface area contributed by atoms with E-state index in [1.807, 2.05) is 0 Å². The van der Waals surface area contributed by atoms with Crippen LogP contribution in [0.25, 0.3) is 0 Å². The number of hydrogen-bond acceptors (Lipinski definition) is 4. The van der Waals surface area contributed by atoms with Gasteiger partial charge in [-0.3, -0.25) is 4.79 Å². The smallest absolute Gasteiger partial charge is 0.253 e. The van der Waals surface area contributed by atoms with E-state index in [2.05, 4.69) is 5.32 Å². The van der Waals surface area contributed by atoms with Crippen LogP contribution in [0.3, 0.4) is 0 Å². The van der Waals surface area contributed by atoms with Gasteiger partial charge in [-0.15, -0.1) is 0 Å². The van der Waals surface area contributed by atoms with Gasteiger partial charge in [-0.05, 0) is 55.5 Å². The lowest BCUT2D eigenvalue weighted by atomic mass is 10.3. The molecule has 23 heavy (non-hydrogen) atoms. The van der Waals surface area contributed by atoms with Crippen molar-refractivity contribution in [3.05, 3.63) is 54.3 Å². The third kappa shape index (κ3) is 3.94. The number of carbonyl (C=O) groups excluding carboxylic acids is 1. The van der Waals surface area contributed by atoms with Gasteiger partial charge >= 0.3 is 0 Å². The lowest BCUT2D eigenvalue weighted by Crippen LogP contribution is -2.26. The molecule has 2 aromatic rings. The highest BCUT2D eigenvalue weighted by molar-refractivity contribution is 7.91. The minimum atomic E-state index is -3.73. The summed E-state index contributed by atoms with van der Waals surface area (Å²) < 4.78 is 42.6. The van der Waals surface area contributed by atoms with Crippen LogP contribution >= 0.6 is 0 Å². The predicted octanol–water partition coefficient (Wildman–Crippen LogP) is 2.63. The Balaban J connectivity index is 2.22. The average molecular weight is 337 g/mol. The number of ether oxygens (including phenoxy) is 1. The lowest BCUT2D eigenvalue weighted by molar-refractivity contribution is -0.124. The van der Waals surface area contributed by atoms with Crippen LogP contribution in [0.15, 0.2) is 58.3 Å². The molecule has 0 heterocycles. The molecule has 2 rings (SSSR count). The number of methoxy groups -OCH3 is 1. The summed E-state index contributed by atoms with van der Waals surface area (Å²) >= 11 is 0. The summed E-state index contributed by atoms with van der Waals surface area (Å²) in [6.45, 7) is 1.60. The molecule has 0 saturated carbocycles. The van der Waals surface area contributed by atoms with Crippen LogP contribution in [0.4, 0.5) is 10.1 Å². The van der Waals surface area contributed by atoms with Crippen molar-refractivity contribution in [3.8, 4) is 0 Å². The standard InChI is InChI=1S/C16H16FNO4S/c1-11(22-2)16(19)18-13-5-9-15(10-6-13)23(20,21)14-7-3-12(17)4-8-14/h3-11H,1-2H3,(H,18,19)/t11-/m0/s1. The van der Waals surface area contributed by atoms with Crippen molar-refractivity contribution < 1.29 is 22.3 Å². The third-order valence-electron chi connectivity index (χ3n) is 3.28. The van der Waals surface area contributed by atoms with Gasteiger partial charge in [-0.2, -0.15) is 0 Å². The first-order chi connectivity index (χ1) is 10.8. The second-order valence-electron chi connectivity index (χ2n) is 4.85. The van der Waals surface area contributed by atoms with Gasteiger partial charge in [-0.25, -0.2) is 12.8 Å². The van der Waals surface area contributed by atoms with Gasteiger partial charge in [0.25, 0.3) is 5.91 Å². The molecule has 1 atom stereocenters. The SMILES string of the molecule is CO[C@@H](C)C(=O)Nc1ccc(S(=O)(=O)c2ccc(F)cc2)cc1. The summed E-state index contributed by atoms with van der Waals surface area (Å²) in [6.07, 6.45) is -0.613. The Bertz CT molecular complexity index is 786. The van der Waals surface area contributed by atoms with Crippen LogP contribution < -0.4 is 5.32 Å². The maximum Gasteiger partial charge on any atom is 0.253 e. The van der Waals surface area contributed by atoms with Gasteiger partial charge in [0.2, 0.25) is 9.84 Å². The Labute approximate surface area is 134 Å². The number of sulfone groups is 1. The van der Waals surface area contributed by atoms with Gasteiger partial charge in [0, 0.05) is 12.8 Å². The molecular weight excluding hydrogens is 321 g/mol. The summed E-state index contributed by atoms with van der Waals surface area (Å²) in [5.41, 5.74) is 0.456. The van der Waals surface area contributed by atoms with Gasteiger partial charge in [0.05, 0.1) is 9.79 Å². The van der Waals surface area contributed by atoms with E-state index in [4.69, 9.17) is 4.74 Å². The highest BCUT2D eigenvalue weighted by atomic mass is 32.2. The van der Waals surface area contributed by atoms with E-state index in [9.17, 15) is 17.6 Å². The van der Waals surface area contributed by atoms with E-state index < -0.39 is 21.8 Å². The minimum Gasteiger partial charge on any atom is -0.372 e. The molecule has 0 aliphatic carbocycles. The molecule has 0 bridgehead atoms. The molecule has 122 valence electrons. The Morgan fingerprint density at radius 2 is 1.52 bits per heavy atom. The Morgan fingerprint density at radius 3 is 2.00 bits per heavy atom. The first kappa shape index (κ1) is 17.1. The molecule has 5 nitrogen and oxygen atoms in total. The van der Waals surface area contributed by atoms with E-state index in [1.54, 1.807) is 6.92 Å². The molecule has 0 spiro atoms. The molecule has 7 heteroatoms. The number of carbonyl (C=O) groups is 1. The topological polar surface area (TPSA) is 72.5 Å². The van der Waals surface area contributed by atoms with Gasteiger partial charge < -0.3 is 10.1 Å². The predicted molar refractivity (Wildman–Crippen MR) is 83.4 cm³/mol. The fourth-order valence-electron chi connectivity index (χ4n) is 1.82. The van der Waals surface area contributed by atoms with Crippen LogP contribution in [0, 0.1) is 5.82 Å². The molecule has 0 aromatic heterocycles. The number of rotatable bonds is 5. The molecule has 1 N–H and O–H groups in total. The second kappa shape index (κ2) is 6.89. The maximum atomic E-state index is 12.9. The maximum absolute atomic E-state index is 12.9. The third-order valence-corrected chi connectivity index (χ3v) is 5.06. The van der Waals surface area contributed by atoms with Crippen LogP contribution in [0.2, 0.25) is 0 Å². The Morgan fingerprint density at radius 1 is 1.04 bits per heavy atom. The van der Waals surface area contributed by atoms with Crippen molar-refractivity contribution in [1.82, 2.24) is 0 Å². The Hall–Kier alpha value is -2.25. The molecule has 0 fully saturated rings. The van der Waals surface area contributed by atoms with Gasteiger partial charge in [0.15, 0.2) is 0 Å². The zero-order valence-corrected chi connectivity index (χ0v) is 13.4. The summed E-state index contributed by atoms with van der Waals surface area (Å²) in [5.74, 6) is -0.837. The first-order valence-corrected chi connectivity index (χ1v) is 8.27. The largest absolute Gasteiger partial charge is 0.372 e. The number of halogens is 1. The molecule has 2 aromatic carbocycles. The highest BCUT2D eigenvalue weighted by Crippen LogP contribution is 2.22. The van der Waals surface area contributed by atoms with E-state index in [-0.39, 0.29) is 15.7 Å². The van der Waals surface area contributed by atoms with Crippen molar-refractivity contribution >= 4 is 21.4 Å². The molecule has 0 saturated heterocycles. The minimum absolute atomic E-state index is 0.00342. The van der Waals surface area contributed by atoms with Gasteiger partial charge in [-0.1, -0.05) is 0 Å². The summed E-state index contributed by atoms with van der Waals surface area (Å²) in [7, 11) is -2.31. The first-order valence-electron chi connectivity index (χ1n) is 6.79. The fraction of sp³-hybridized carbons (Fsp3) is 0.188. The zero-order chi connectivity index (χ0) is 17.0. The van der Waals surface area contributed by atoms with Crippen LogP contribution in [-0.4, -0.2) is 27.5 Å². The summed E-state index contributed by atoms with van der Waals surface area (Å²) in [4.78, 5) is 11.7. The number of nitrogens with one attached hydrogen (secondary N) is 1. The summed E-state index contributed by atoms with van der Waals surface area (Å²) in [5, 5.41) is 2.61. The molecule has 1 amide bonds. The summed E-state index contributed by atoms with van der Waals surface area (Å²) in [6, 6.07) is 10.3. The van der Waals surface area contributed by atoms with Gasteiger partial charge in [0.1, 0.15) is 11.9 Å². The fourth-order valence-corrected chi connectivity index (χ4v) is 3.08. The molecule has 0 unspecified atom stereocenters. The number of amides is 1. The van der Waals surface area contributed by atoms with E-state index in [1.165, 1.54) is 43.5 Å². The molecule has 0 aliphatic rings. The molecule has 0 radical (unpaired) electrons. The molecular formula is C16H16FNO4S. The lowest BCUT2D eigenvalue weighted by Gasteiger charge is -2.11. The van der Waals surface area contributed by atoms with Crippen molar-refractivity contribution in [1.29, 1.82) is 0 Å². The van der Waals surface area contributed by atoms with E-state index in [0.717, 1.165) is 12.1 Å². The normalized spacial score (nSPS) is 12.7. The number of hydrogen-bond donors (Lipinski definition) is 1. The quantitative estimate of drug-likeness (QED) is 0.851. The highest BCUT2D eigenvalue weighted by Gasteiger charge is 2.18. The van der Waals surface area contributed by atoms with Crippen LogP contribution in [0.5, 0.6) is 0 Å². The van der Waals surface area contributed by atoms with Crippen molar-refractivity contribution in [3.63, 3.8) is 0 Å². The van der Waals surface area contributed by atoms with E-state index >= 15 is 0 Å². The Kier molecular flexibility index (Phi) is 5.12. The van der Waals surface area contributed by atoms with Crippen LogP contribution in [-0.2, 0) is 19.4 Å². The molecule has 0 aliphatic heterocycles. The number of benzene rings is 2. The monoisotopic (exact) mass is 337 g/mol. The second-order valence-corrected chi connectivity index (χ2v) is 6.80. The van der Waals surface area contributed by atoms with Crippen LogP contribution in [0.1, 0.15) is 6.92 Å². The van der Waals surface area contributed by atoms with E-state index in [0.29, 0.717) is 5.69 Å². The van der Waals surface area contributed by atoms with Crippen molar-refractivity contribution in [2.45, 2.75) is 22.8 Å². The average Bonchev–Trinajstić information content (AvgIpc) is 2.55. The van der Waals surface area contributed by atoms with Crippen molar-refractivity contribution in [2.75, 3.05) is 12.4 Å².